The van der Waals surface area contributed by atoms with Crippen molar-refractivity contribution in [1.82, 2.24) is 0 Å². The van der Waals surface area contributed by atoms with Crippen LogP contribution in [0.5, 0.6) is 0 Å². The maximum absolute atomic E-state index is 12.0. The van der Waals surface area contributed by atoms with Crippen molar-refractivity contribution in [3.05, 3.63) is 59.7 Å². The number of carboxylic acids is 1. The molecule has 2 heterocycles. The molecule has 0 fully saturated rings. The van der Waals surface area contributed by atoms with Crippen LogP contribution in [0.2, 0.25) is 0 Å². The average Bonchev–Trinajstić information content (AvgIpc) is 2.83. The number of rotatable bonds is 9. The molecule has 40 heavy (non-hydrogen) atoms. The fraction of sp³-hybridized carbons (Fsp3) is 0.393. The molecule has 12 heteroatoms. The number of aliphatic imine (C=N–C) groups is 4. The highest BCUT2D eigenvalue weighted by Gasteiger charge is 2.34. The smallest absolute Gasteiger partial charge is 0.306 e. The number of guanidine groups is 4. The zero-order valence-corrected chi connectivity index (χ0v) is 23.4. The maximum Gasteiger partial charge on any atom is 0.306 e. The molecule has 2 aliphatic rings. The van der Waals surface area contributed by atoms with Gasteiger partial charge in [0.25, 0.3) is 0 Å². The van der Waals surface area contributed by atoms with Crippen molar-refractivity contribution in [2.45, 2.75) is 64.7 Å². The van der Waals surface area contributed by atoms with Gasteiger partial charge in [-0.25, -0.2) is 9.98 Å². The molecule has 0 radical (unpaired) electrons. The Bertz CT molecular complexity index is 1280. The maximum atomic E-state index is 12.0. The Balaban J connectivity index is 1.35. The van der Waals surface area contributed by atoms with E-state index in [0.717, 1.165) is 22.5 Å². The van der Waals surface area contributed by atoms with Gasteiger partial charge in [0.15, 0.2) is 0 Å². The largest absolute Gasteiger partial charge is 0.481 e. The highest BCUT2D eigenvalue weighted by molar-refractivity contribution is 6.06. The molecule has 0 spiro atoms. The lowest BCUT2D eigenvalue weighted by molar-refractivity contribution is -0.142. The van der Waals surface area contributed by atoms with Gasteiger partial charge in [-0.3, -0.25) is 14.6 Å². The summed E-state index contributed by atoms with van der Waals surface area (Å²) >= 11 is 0. The Morgan fingerprint density at radius 2 is 1.07 bits per heavy atom. The lowest BCUT2D eigenvalue weighted by atomic mass is 9.93. The fourth-order valence-corrected chi connectivity index (χ4v) is 5.20. The summed E-state index contributed by atoms with van der Waals surface area (Å²) in [7, 11) is 0. The standard InChI is InChI=1S/C28H38N10O2/c1-27(2)35-23(29)33-25(31)37(27)20-13-7-17(8-14-20)5-11-19(22(39)40)12-6-18-9-15-21(16-10-18)38-26(32)34-24(30)36-28(38,3)4/h7-10,13-16,19H,5-6,11-12H2,1-4H3,(H,39,40)(H4,29,31,33,35)(H4,30,32,34,36). The van der Waals surface area contributed by atoms with Crippen LogP contribution in [0.1, 0.15) is 51.7 Å². The van der Waals surface area contributed by atoms with E-state index in [9.17, 15) is 9.90 Å². The van der Waals surface area contributed by atoms with Crippen molar-refractivity contribution >= 4 is 41.2 Å². The number of aliphatic carboxylic acids is 1. The van der Waals surface area contributed by atoms with Gasteiger partial charge in [-0.2, -0.15) is 9.98 Å². The van der Waals surface area contributed by atoms with Crippen LogP contribution in [0.4, 0.5) is 11.4 Å². The highest BCUT2D eigenvalue weighted by Crippen LogP contribution is 2.29. The van der Waals surface area contributed by atoms with Crippen molar-refractivity contribution in [3.63, 3.8) is 0 Å². The van der Waals surface area contributed by atoms with E-state index in [-0.39, 0.29) is 23.8 Å². The van der Waals surface area contributed by atoms with Crippen molar-refractivity contribution in [3.8, 4) is 0 Å². The van der Waals surface area contributed by atoms with Gasteiger partial charge in [0.2, 0.25) is 23.8 Å². The number of carbonyl (C=O) groups is 1. The summed E-state index contributed by atoms with van der Waals surface area (Å²) in [6.45, 7) is 7.62. The molecule has 0 saturated carbocycles. The Morgan fingerprint density at radius 1 is 0.725 bits per heavy atom. The molecule has 0 saturated heterocycles. The van der Waals surface area contributed by atoms with Crippen LogP contribution in [0.3, 0.4) is 0 Å². The zero-order valence-electron chi connectivity index (χ0n) is 23.4. The molecule has 4 rings (SSSR count). The SMILES string of the molecule is CC1(C)N=C(N)N=C(N)N1c1ccc(CCC(CCc2ccc(N3C(N)=NC(N)=NC3(C)C)cc2)C(=O)O)cc1. The molecule has 0 bridgehead atoms. The number of benzene rings is 2. The van der Waals surface area contributed by atoms with E-state index < -0.39 is 23.2 Å². The van der Waals surface area contributed by atoms with E-state index >= 15 is 0 Å². The monoisotopic (exact) mass is 546 g/mol. The second-order valence-electron chi connectivity index (χ2n) is 11.0. The minimum absolute atomic E-state index is 0.149. The Hall–Kier alpha value is -4.61. The van der Waals surface area contributed by atoms with Crippen LogP contribution < -0.4 is 32.7 Å². The van der Waals surface area contributed by atoms with E-state index in [4.69, 9.17) is 22.9 Å². The van der Waals surface area contributed by atoms with E-state index in [0.29, 0.717) is 25.7 Å². The first kappa shape index (κ1) is 28.4. The number of anilines is 2. The third-order valence-corrected chi connectivity index (χ3v) is 7.09. The predicted molar refractivity (Wildman–Crippen MR) is 160 cm³/mol. The summed E-state index contributed by atoms with van der Waals surface area (Å²) in [6, 6.07) is 15.7. The number of hydrogen-bond donors (Lipinski definition) is 5. The molecule has 212 valence electrons. The van der Waals surface area contributed by atoms with Gasteiger partial charge in [-0.15, -0.1) is 0 Å². The molecular formula is C28H38N10O2. The molecule has 12 nitrogen and oxygen atoms in total. The number of nitrogens with zero attached hydrogens (tertiary/aromatic N) is 6. The molecule has 2 aromatic rings. The van der Waals surface area contributed by atoms with E-state index in [2.05, 4.69) is 20.0 Å². The molecule has 0 aliphatic carbocycles. The quantitative estimate of drug-likeness (QED) is 0.315. The van der Waals surface area contributed by atoms with E-state index in [1.54, 1.807) is 0 Å². The van der Waals surface area contributed by atoms with Crippen LogP contribution >= 0.6 is 0 Å². The second kappa shape index (κ2) is 10.9. The number of nitrogens with two attached hydrogens (primary N) is 4. The summed E-state index contributed by atoms with van der Waals surface area (Å²) in [5, 5.41) is 9.86. The summed E-state index contributed by atoms with van der Waals surface area (Å²) in [6.07, 6.45) is 2.34. The highest BCUT2D eigenvalue weighted by atomic mass is 16.4. The molecule has 0 aromatic heterocycles. The molecule has 0 atom stereocenters. The topological polar surface area (TPSA) is 197 Å². The third kappa shape index (κ3) is 6.16. The lowest BCUT2D eigenvalue weighted by Gasteiger charge is -2.38. The van der Waals surface area contributed by atoms with Gasteiger partial charge in [0, 0.05) is 11.4 Å². The first-order chi connectivity index (χ1) is 18.8. The summed E-state index contributed by atoms with van der Waals surface area (Å²) in [4.78, 5) is 32.6. The molecule has 0 unspecified atom stereocenters. The minimum Gasteiger partial charge on any atom is -0.481 e. The summed E-state index contributed by atoms with van der Waals surface area (Å²) in [5.41, 5.74) is 26.2. The Kier molecular flexibility index (Phi) is 7.72. The zero-order chi connectivity index (χ0) is 29.2. The van der Waals surface area contributed by atoms with Gasteiger partial charge in [0.1, 0.15) is 11.3 Å². The van der Waals surface area contributed by atoms with Gasteiger partial charge < -0.3 is 28.0 Å². The van der Waals surface area contributed by atoms with Gasteiger partial charge in [-0.1, -0.05) is 24.3 Å². The van der Waals surface area contributed by atoms with Gasteiger partial charge in [0.05, 0.1) is 5.92 Å². The Morgan fingerprint density at radius 3 is 1.38 bits per heavy atom. The third-order valence-electron chi connectivity index (χ3n) is 7.09. The Labute approximate surface area is 234 Å². The first-order valence-electron chi connectivity index (χ1n) is 13.2. The van der Waals surface area contributed by atoms with Crippen molar-refractivity contribution < 1.29 is 9.90 Å². The fourth-order valence-electron chi connectivity index (χ4n) is 5.20. The number of hydrogen-bond acceptors (Lipinski definition) is 11. The van der Waals surface area contributed by atoms with Crippen molar-refractivity contribution in [2.75, 3.05) is 9.80 Å². The second-order valence-corrected chi connectivity index (χ2v) is 11.0. The normalized spacial score (nSPS) is 18.1. The minimum atomic E-state index is -0.794. The molecule has 0 amide bonds. The number of carboxylic acid groups (broad SMARTS) is 1. The first-order valence-corrected chi connectivity index (χ1v) is 13.2. The van der Waals surface area contributed by atoms with Crippen molar-refractivity contribution in [2.24, 2.45) is 48.8 Å². The van der Waals surface area contributed by atoms with Gasteiger partial charge >= 0.3 is 5.97 Å². The molecular weight excluding hydrogens is 508 g/mol. The molecule has 2 aliphatic heterocycles. The molecule has 9 N–H and O–H groups in total. The van der Waals surface area contributed by atoms with Crippen LogP contribution in [-0.4, -0.2) is 46.2 Å². The lowest BCUT2D eigenvalue weighted by Crippen LogP contribution is -2.54. The van der Waals surface area contributed by atoms with Crippen LogP contribution in [0.15, 0.2) is 68.5 Å². The van der Waals surface area contributed by atoms with Crippen LogP contribution in [0, 0.1) is 5.92 Å². The average molecular weight is 547 g/mol. The van der Waals surface area contributed by atoms with E-state index in [1.165, 1.54) is 0 Å². The number of aryl methyl sites for hydroxylation is 2. The van der Waals surface area contributed by atoms with E-state index in [1.807, 2.05) is 86.0 Å². The van der Waals surface area contributed by atoms with Crippen molar-refractivity contribution in [1.29, 1.82) is 0 Å². The predicted octanol–water partition coefficient (Wildman–Crippen LogP) is 2.32. The van der Waals surface area contributed by atoms with Gasteiger partial charge in [-0.05, 0) is 88.8 Å². The molecule has 2 aromatic carbocycles. The van der Waals surface area contributed by atoms with Crippen LogP contribution in [0.25, 0.3) is 0 Å². The summed E-state index contributed by atoms with van der Waals surface area (Å²) in [5.74, 6) is -0.413. The summed E-state index contributed by atoms with van der Waals surface area (Å²) < 4.78 is 0. The van der Waals surface area contributed by atoms with Crippen LogP contribution in [-0.2, 0) is 17.6 Å².